The number of rotatable bonds is 5. The van der Waals surface area contributed by atoms with Crippen molar-refractivity contribution in [3.63, 3.8) is 0 Å². The van der Waals surface area contributed by atoms with Gasteiger partial charge in [0.15, 0.2) is 0 Å². The molecule has 21 heavy (non-hydrogen) atoms. The van der Waals surface area contributed by atoms with Gasteiger partial charge in [-0.25, -0.2) is 4.98 Å². The molecule has 0 aliphatic heterocycles. The summed E-state index contributed by atoms with van der Waals surface area (Å²) < 4.78 is 1.82. The molecular weight excluding hydrogens is 266 g/mol. The van der Waals surface area contributed by atoms with Gasteiger partial charge in [-0.1, -0.05) is 27.2 Å². The van der Waals surface area contributed by atoms with Gasteiger partial charge in [-0.2, -0.15) is 0 Å². The van der Waals surface area contributed by atoms with Gasteiger partial charge in [0.2, 0.25) is 0 Å². The molecule has 5 nitrogen and oxygen atoms in total. The van der Waals surface area contributed by atoms with E-state index in [9.17, 15) is 10.1 Å². The van der Waals surface area contributed by atoms with Crippen LogP contribution in [0.3, 0.4) is 0 Å². The summed E-state index contributed by atoms with van der Waals surface area (Å²) >= 11 is 0. The zero-order chi connectivity index (χ0) is 15.8. The van der Waals surface area contributed by atoms with Gasteiger partial charge < -0.3 is 4.57 Å². The molecule has 0 spiro atoms. The number of non-ortho nitro benzene ring substituents is 1. The number of nitro groups is 1. The zero-order valence-electron chi connectivity index (χ0n) is 13.2. The first-order valence-electron chi connectivity index (χ1n) is 7.39. The van der Waals surface area contributed by atoms with Gasteiger partial charge in [-0.15, -0.1) is 0 Å². The van der Waals surface area contributed by atoms with Crippen LogP contribution in [-0.2, 0) is 6.42 Å². The van der Waals surface area contributed by atoms with Crippen molar-refractivity contribution < 1.29 is 4.92 Å². The predicted molar refractivity (Wildman–Crippen MR) is 84.9 cm³/mol. The molecule has 0 saturated heterocycles. The van der Waals surface area contributed by atoms with Crippen LogP contribution in [0.15, 0.2) is 30.7 Å². The van der Waals surface area contributed by atoms with Crippen molar-refractivity contribution in [1.82, 2.24) is 9.55 Å². The summed E-state index contributed by atoms with van der Waals surface area (Å²) in [4.78, 5) is 14.8. The highest BCUT2D eigenvalue weighted by Crippen LogP contribution is 2.21. The minimum absolute atomic E-state index is 0.134. The van der Waals surface area contributed by atoms with Gasteiger partial charge >= 0.3 is 0 Å². The molecule has 0 amide bonds. The van der Waals surface area contributed by atoms with E-state index in [-0.39, 0.29) is 10.6 Å². The number of hydrogen-bond donors (Lipinski definition) is 0. The fourth-order valence-electron chi connectivity index (χ4n) is 2.00. The normalized spacial score (nSPS) is 9.90. The second-order valence-corrected chi connectivity index (χ2v) is 4.64. The second-order valence-electron chi connectivity index (χ2n) is 4.64. The molecular formula is C16H23N3O2. The molecule has 0 aliphatic carbocycles. The molecule has 114 valence electrons. The third-order valence-electron chi connectivity index (χ3n) is 3.00. The Hall–Kier alpha value is -2.17. The smallest absolute Gasteiger partial charge is 0.271 e. The van der Waals surface area contributed by atoms with Crippen molar-refractivity contribution >= 4 is 5.69 Å². The standard InChI is InChI=1S/C14H17N3O2.C2H6/c1-3-4-5-12-6-13(8-14(7-12)17(18)19)16-9-11(2)15-10-16;1-2/h6-10H,3-5H2,1-2H3;1-2H3. The highest BCUT2D eigenvalue weighted by molar-refractivity contribution is 5.47. The number of imidazole rings is 1. The van der Waals surface area contributed by atoms with Crippen LogP contribution in [0, 0.1) is 17.0 Å². The van der Waals surface area contributed by atoms with E-state index in [4.69, 9.17) is 0 Å². The number of aryl methyl sites for hydroxylation is 2. The summed E-state index contributed by atoms with van der Waals surface area (Å²) in [5.74, 6) is 0. The molecule has 0 saturated carbocycles. The Kier molecular flexibility index (Phi) is 6.59. The van der Waals surface area contributed by atoms with E-state index < -0.39 is 0 Å². The Morgan fingerprint density at radius 3 is 2.52 bits per heavy atom. The molecule has 0 bridgehead atoms. The van der Waals surface area contributed by atoms with Crippen LogP contribution in [0.1, 0.15) is 44.9 Å². The summed E-state index contributed by atoms with van der Waals surface area (Å²) in [5, 5.41) is 11.0. The van der Waals surface area contributed by atoms with Crippen LogP contribution < -0.4 is 0 Å². The molecule has 2 aromatic rings. The predicted octanol–water partition coefficient (Wildman–Crippen LogP) is 4.46. The lowest BCUT2D eigenvalue weighted by Gasteiger charge is -2.06. The highest BCUT2D eigenvalue weighted by atomic mass is 16.6. The van der Waals surface area contributed by atoms with Gasteiger partial charge in [0.05, 0.1) is 22.6 Å². The highest BCUT2D eigenvalue weighted by Gasteiger charge is 2.11. The van der Waals surface area contributed by atoms with Crippen molar-refractivity contribution in [2.24, 2.45) is 0 Å². The van der Waals surface area contributed by atoms with Gasteiger partial charge in [0, 0.05) is 18.3 Å². The molecule has 0 atom stereocenters. The minimum Gasteiger partial charge on any atom is -0.306 e. The van der Waals surface area contributed by atoms with E-state index >= 15 is 0 Å². The quantitative estimate of drug-likeness (QED) is 0.603. The summed E-state index contributed by atoms with van der Waals surface area (Å²) in [7, 11) is 0. The Balaban J connectivity index is 0.00000106. The van der Waals surface area contributed by atoms with E-state index in [2.05, 4.69) is 11.9 Å². The number of nitrogens with zero attached hydrogens (tertiary/aromatic N) is 3. The molecule has 1 aromatic heterocycles. The van der Waals surface area contributed by atoms with Crippen LogP contribution in [-0.4, -0.2) is 14.5 Å². The first-order chi connectivity index (χ1) is 10.1. The maximum Gasteiger partial charge on any atom is 0.271 e. The SMILES string of the molecule is CC.CCCCc1cc(-n2cnc(C)c2)cc([N+](=O)[O-])c1. The maximum atomic E-state index is 11.0. The lowest BCUT2D eigenvalue weighted by Crippen LogP contribution is -1.97. The molecule has 2 rings (SSSR count). The summed E-state index contributed by atoms with van der Waals surface area (Å²) in [6.45, 7) is 8.00. The fourth-order valence-corrected chi connectivity index (χ4v) is 2.00. The summed E-state index contributed by atoms with van der Waals surface area (Å²) in [6, 6.07) is 5.23. The molecule has 0 N–H and O–H groups in total. The maximum absolute atomic E-state index is 11.0. The Labute approximate surface area is 125 Å². The first kappa shape index (κ1) is 16.9. The van der Waals surface area contributed by atoms with Crippen LogP contribution in [0.4, 0.5) is 5.69 Å². The molecule has 0 unspecified atom stereocenters. The van der Waals surface area contributed by atoms with Crippen molar-refractivity contribution in [2.45, 2.75) is 47.0 Å². The van der Waals surface area contributed by atoms with Gasteiger partial charge in [0.1, 0.15) is 0 Å². The van der Waals surface area contributed by atoms with Crippen LogP contribution in [0.2, 0.25) is 0 Å². The van der Waals surface area contributed by atoms with Crippen LogP contribution >= 0.6 is 0 Å². The Morgan fingerprint density at radius 2 is 2.00 bits per heavy atom. The minimum atomic E-state index is -0.345. The lowest BCUT2D eigenvalue weighted by atomic mass is 10.1. The molecule has 1 aromatic carbocycles. The largest absolute Gasteiger partial charge is 0.306 e. The topological polar surface area (TPSA) is 61.0 Å². The fraction of sp³-hybridized carbons (Fsp3) is 0.438. The number of benzene rings is 1. The van der Waals surface area contributed by atoms with E-state index in [1.54, 1.807) is 18.5 Å². The molecule has 0 aliphatic rings. The zero-order valence-corrected chi connectivity index (χ0v) is 13.2. The molecule has 5 heteroatoms. The van der Waals surface area contributed by atoms with E-state index in [0.717, 1.165) is 36.2 Å². The van der Waals surface area contributed by atoms with E-state index in [0.29, 0.717) is 0 Å². The molecule has 1 heterocycles. The summed E-state index contributed by atoms with van der Waals surface area (Å²) in [6.07, 6.45) is 6.51. The second kappa shape index (κ2) is 8.19. The van der Waals surface area contributed by atoms with Crippen LogP contribution in [0.25, 0.3) is 5.69 Å². The average molecular weight is 289 g/mol. The van der Waals surface area contributed by atoms with E-state index in [1.165, 1.54) is 0 Å². The van der Waals surface area contributed by atoms with Crippen molar-refractivity contribution in [2.75, 3.05) is 0 Å². The monoisotopic (exact) mass is 289 g/mol. The number of nitro benzene ring substituents is 1. The van der Waals surface area contributed by atoms with Gasteiger partial charge in [0.25, 0.3) is 5.69 Å². The first-order valence-corrected chi connectivity index (χ1v) is 7.39. The van der Waals surface area contributed by atoms with E-state index in [1.807, 2.05) is 37.6 Å². The Bertz CT molecular complexity index is 591. The third kappa shape index (κ3) is 4.70. The average Bonchev–Trinajstić information content (AvgIpc) is 2.93. The molecule has 0 radical (unpaired) electrons. The number of aromatic nitrogens is 2. The number of unbranched alkanes of at least 4 members (excludes halogenated alkanes) is 1. The Morgan fingerprint density at radius 1 is 1.29 bits per heavy atom. The molecule has 0 fully saturated rings. The number of hydrogen-bond acceptors (Lipinski definition) is 3. The summed E-state index contributed by atoms with van der Waals surface area (Å²) in [5.41, 5.74) is 2.81. The van der Waals surface area contributed by atoms with Gasteiger partial charge in [-0.3, -0.25) is 10.1 Å². The third-order valence-corrected chi connectivity index (χ3v) is 3.00. The van der Waals surface area contributed by atoms with Crippen molar-refractivity contribution in [1.29, 1.82) is 0 Å². The van der Waals surface area contributed by atoms with Crippen LogP contribution in [0.5, 0.6) is 0 Å². The van der Waals surface area contributed by atoms with Gasteiger partial charge in [-0.05, 0) is 31.4 Å². The van der Waals surface area contributed by atoms with Crippen molar-refractivity contribution in [3.8, 4) is 5.69 Å². The lowest BCUT2D eigenvalue weighted by molar-refractivity contribution is -0.384. The van der Waals surface area contributed by atoms with Crippen molar-refractivity contribution in [3.05, 3.63) is 52.1 Å².